The topological polar surface area (TPSA) is 53.9 Å². The molecule has 0 amide bonds. The van der Waals surface area contributed by atoms with E-state index < -0.39 is 0 Å². The highest BCUT2D eigenvalue weighted by atomic mass is 16.6. The molecule has 4 rings (SSSR count). The van der Waals surface area contributed by atoms with Crippen LogP contribution in [0.15, 0.2) is 35.7 Å². The number of rotatable bonds is 4. The van der Waals surface area contributed by atoms with Gasteiger partial charge in [-0.25, -0.2) is 9.97 Å². The Morgan fingerprint density at radius 1 is 1.12 bits per heavy atom. The Morgan fingerprint density at radius 2 is 1.96 bits per heavy atom. The summed E-state index contributed by atoms with van der Waals surface area (Å²) in [7, 11) is 0. The molecule has 1 aromatic carbocycles. The van der Waals surface area contributed by atoms with E-state index in [9.17, 15) is 0 Å². The molecule has 6 heteroatoms. The predicted molar refractivity (Wildman–Crippen MR) is 95.4 cm³/mol. The van der Waals surface area contributed by atoms with Gasteiger partial charge in [-0.2, -0.15) is 0 Å². The molecule has 0 unspecified atom stereocenters. The molecule has 2 aromatic rings. The highest BCUT2D eigenvalue weighted by Gasteiger charge is 2.26. The predicted octanol–water partition coefficient (Wildman–Crippen LogP) is 2.31. The monoisotopic (exact) mass is 325 g/mol. The minimum atomic E-state index is 0.228. The summed E-state index contributed by atoms with van der Waals surface area (Å²) in [5.74, 6) is 1.05. The number of para-hydroxylation sites is 1. The van der Waals surface area contributed by atoms with Gasteiger partial charge in [-0.1, -0.05) is 24.2 Å². The molecule has 1 fully saturated rings. The summed E-state index contributed by atoms with van der Waals surface area (Å²) in [4.78, 5) is 19.3. The van der Waals surface area contributed by atoms with Crippen LogP contribution in [0.4, 0.5) is 5.82 Å². The Morgan fingerprint density at radius 3 is 2.75 bits per heavy atom. The average Bonchev–Trinajstić information content (AvgIpc) is 3.09. The normalized spacial score (nSPS) is 21.8. The van der Waals surface area contributed by atoms with Gasteiger partial charge in [0.1, 0.15) is 18.2 Å². The van der Waals surface area contributed by atoms with Crippen LogP contribution in [0.25, 0.3) is 10.9 Å². The van der Waals surface area contributed by atoms with E-state index in [2.05, 4.69) is 37.9 Å². The molecule has 0 spiro atoms. The van der Waals surface area contributed by atoms with E-state index in [0.717, 1.165) is 62.3 Å². The number of piperazine rings is 1. The van der Waals surface area contributed by atoms with E-state index in [0.29, 0.717) is 0 Å². The third-order valence-corrected chi connectivity index (χ3v) is 4.86. The van der Waals surface area contributed by atoms with Crippen LogP contribution < -0.4 is 4.90 Å². The summed E-state index contributed by atoms with van der Waals surface area (Å²) in [5.41, 5.74) is 2.19. The largest absolute Gasteiger partial charge is 0.391 e. The maximum atomic E-state index is 5.54. The maximum absolute atomic E-state index is 5.54. The van der Waals surface area contributed by atoms with E-state index in [-0.39, 0.29) is 6.10 Å². The number of nitrogens with zero attached hydrogens (tertiary/aromatic N) is 5. The van der Waals surface area contributed by atoms with Crippen LogP contribution >= 0.6 is 0 Å². The van der Waals surface area contributed by atoms with E-state index in [4.69, 9.17) is 4.84 Å². The summed E-state index contributed by atoms with van der Waals surface area (Å²) in [6.07, 6.45) is 3.87. The van der Waals surface area contributed by atoms with Crippen LogP contribution in [0, 0.1) is 0 Å². The molecule has 126 valence electrons. The molecular weight excluding hydrogens is 302 g/mol. The number of hydrogen-bond acceptors (Lipinski definition) is 6. The van der Waals surface area contributed by atoms with Gasteiger partial charge >= 0.3 is 0 Å². The van der Waals surface area contributed by atoms with E-state index in [1.165, 1.54) is 5.71 Å². The van der Waals surface area contributed by atoms with Gasteiger partial charge in [0.05, 0.1) is 11.2 Å². The fourth-order valence-corrected chi connectivity index (χ4v) is 3.47. The molecule has 0 bridgehead atoms. The Hall–Kier alpha value is -2.21. The Kier molecular flexibility index (Phi) is 4.30. The van der Waals surface area contributed by atoms with Gasteiger partial charge < -0.3 is 9.74 Å². The van der Waals surface area contributed by atoms with Crippen LogP contribution in [0.2, 0.25) is 0 Å². The molecular formula is C18H23N5O. The molecule has 6 nitrogen and oxygen atoms in total. The lowest BCUT2D eigenvalue weighted by molar-refractivity contribution is 0.0510. The van der Waals surface area contributed by atoms with E-state index >= 15 is 0 Å². The number of fused-ring (bicyclic) bond motifs is 1. The number of aromatic nitrogens is 2. The van der Waals surface area contributed by atoms with Gasteiger partial charge in [-0.05, 0) is 18.6 Å². The van der Waals surface area contributed by atoms with Gasteiger partial charge in [-0.15, -0.1) is 0 Å². The van der Waals surface area contributed by atoms with Gasteiger partial charge in [0.15, 0.2) is 0 Å². The zero-order chi connectivity index (χ0) is 16.4. The number of anilines is 1. The van der Waals surface area contributed by atoms with Crippen molar-refractivity contribution in [3.63, 3.8) is 0 Å². The fourth-order valence-electron chi connectivity index (χ4n) is 3.47. The average molecular weight is 325 g/mol. The lowest BCUT2D eigenvalue weighted by atomic mass is 10.1. The Labute approximate surface area is 142 Å². The molecule has 0 radical (unpaired) electrons. The second kappa shape index (κ2) is 6.73. The van der Waals surface area contributed by atoms with E-state index in [1.807, 2.05) is 18.2 Å². The van der Waals surface area contributed by atoms with Gasteiger partial charge in [0.25, 0.3) is 0 Å². The zero-order valence-electron chi connectivity index (χ0n) is 14.1. The lowest BCUT2D eigenvalue weighted by Gasteiger charge is -2.36. The van der Waals surface area contributed by atoms with Crippen molar-refractivity contribution in [3.05, 3.63) is 30.6 Å². The molecule has 0 saturated carbocycles. The summed E-state index contributed by atoms with van der Waals surface area (Å²) in [6, 6.07) is 8.21. The Bertz CT molecular complexity index is 734. The molecule has 1 saturated heterocycles. The van der Waals surface area contributed by atoms with Gasteiger partial charge in [0.2, 0.25) is 0 Å². The molecule has 1 aromatic heterocycles. The lowest BCUT2D eigenvalue weighted by Crippen LogP contribution is -2.49. The third-order valence-electron chi connectivity index (χ3n) is 4.86. The molecule has 3 heterocycles. The molecule has 2 aliphatic rings. The second-order valence-corrected chi connectivity index (χ2v) is 6.44. The molecule has 24 heavy (non-hydrogen) atoms. The highest BCUT2D eigenvalue weighted by Crippen LogP contribution is 2.24. The van der Waals surface area contributed by atoms with Crippen LogP contribution in [-0.4, -0.2) is 59.4 Å². The van der Waals surface area contributed by atoms with E-state index in [1.54, 1.807) is 6.33 Å². The number of hydrogen-bond donors (Lipinski definition) is 0. The quantitative estimate of drug-likeness (QED) is 0.863. The summed E-state index contributed by atoms with van der Waals surface area (Å²) < 4.78 is 0. The number of benzene rings is 1. The van der Waals surface area contributed by atoms with Crippen LogP contribution in [0.1, 0.15) is 19.8 Å². The maximum Gasteiger partial charge on any atom is 0.145 e. The van der Waals surface area contributed by atoms with Crippen molar-refractivity contribution in [2.45, 2.75) is 25.9 Å². The van der Waals surface area contributed by atoms with Crippen LogP contribution in [0.5, 0.6) is 0 Å². The van der Waals surface area contributed by atoms with Crippen molar-refractivity contribution in [1.82, 2.24) is 14.9 Å². The first-order chi connectivity index (χ1) is 11.8. The Balaban J connectivity index is 1.38. The first-order valence-corrected chi connectivity index (χ1v) is 8.72. The second-order valence-electron chi connectivity index (χ2n) is 6.44. The summed E-state index contributed by atoms with van der Waals surface area (Å²) in [6.45, 7) is 7.12. The minimum Gasteiger partial charge on any atom is -0.391 e. The molecule has 0 aliphatic carbocycles. The van der Waals surface area contributed by atoms with Crippen molar-refractivity contribution < 1.29 is 4.84 Å². The van der Waals surface area contributed by atoms with Crippen LogP contribution in [0.3, 0.4) is 0 Å². The third kappa shape index (κ3) is 3.06. The highest BCUT2D eigenvalue weighted by molar-refractivity contribution is 5.89. The van der Waals surface area contributed by atoms with Gasteiger partial charge in [0, 0.05) is 44.5 Å². The smallest absolute Gasteiger partial charge is 0.145 e. The number of oxime groups is 1. The van der Waals surface area contributed by atoms with Gasteiger partial charge in [-0.3, -0.25) is 4.90 Å². The van der Waals surface area contributed by atoms with Crippen molar-refractivity contribution in [2.75, 3.05) is 37.6 Å². The first kappa shape index (κ1) is 15.3. The molecule has 1 atom stereocenters. The van der Waals surface area contributed by atoms with Crippen molar-refractivity contribution in [1.29, 1.82) is 0 Å². The fraction of sp³-hybridized carbons (Fsp3) is 0.500. The summed E-state index contributed by atoms with van der Waals surface area (Å²) in [5, 5.41) is 5.29. The SMILES string of the molecule is CCC1=NO[C@@H](CN2CCN(c3ncnc4ccccc34)CC2)C1. The molecule has 2 aliphatic heterocycles. The van der Waals surface area contributed by atoms with Crippen molar-refractivity contribution >= 4 is 22.4 Å². The van der Waals surface area contributed by atoms with Crippen molar-refractivity contribution in [2.24, 2.45) is 5.16 Å². The van der Waals surface area contributed by atoms with Crippen molar-refractivity contribution in [3.8, 4) is 0 Å². The zero-order valence-corrected chi connectivity index (χ0v) is 14.1. The standard InChI is InChI=1S/C18H23N5O/c1-2-14-11-15(24-21-14)12-22-7-9-23(10-8-22)18-16-5-3-4-6-17(16)19-13-20-18/h3-6,13,15H,2,7-12H2,1H3/t15-/m1/s1. The van der Waals surface area contributed by atoms with Crippen LogP contribution in [-0.2, 0) is 4.84 Å². The summed E-state index contributed by atoms with van der Waals surface area (Å²) >= 11 is 0. The first-order valence-electron chi connectivity index (χ1n) is 8.72. The molecule has 0 N–H and O–H groups in total. The minimum absolute atomic E-state index is 0.228.